The van der Waals surface area contributed by atoms with E-state index in [0.29, 0.717) is 42.5 Å². The van der Waals surface area contributed by atoms with E-state index in [0.717, 1.165) is 17.2 Å². The van der Waals surface area contributed by atoms with E-state index >= 15 is 0 Å². The fourth-order valence-electron chi connectivity index (χ4n) is 3.30. The van der Waals surface area contributed by atoms with Gasteiger partial charge in [0, 0.05) is 37.4 Å². The largest absolute Gasteiger partial charge is 0.496 e. The second kappa shape index (κ2) is 8.45. The average Bonchev–Trinajstić information content (AvgIpc) is 2.79. The number of rotatable bonds is 4. The number of halogens is 1. The van der Waals surface area contributed by atoms with E-state index in [1.54, 1.807) is 36.4 Å². The van der Waals surface area contributed by atoms with Crippen LogP contribution in [-0.2, 0) is 0 Å². The van der Waals surface area contributed by atoms with Crippen LogP contribution in [-0.4, -0.2) is 59.3 Å². The molecule has 148 valence electrons. The van der Waals surface area contributed by atoms with Crippen molar-refractivity contribution in [3.05, 3.63) is 65.3 Å². The molecule has 1 amide bonds. The number of benzene rings is 1. The third kappa shape index (κ3) is 4.14. The summed E-state index contributed by atoms with van der Waals surface area (Å²) in [5.74, 6) is 1.23. The van der Waals surface area contributed by atoms with Crippen LogP contribution in [0, 0.1) is 0 Å². The van der Waals surface area contributed by atoms with E-state index < -0.39 is 0 Å². The molecule has 0 aliphatic carbocycles. The number of pyridine rings is 1. The van der Waals surface area contributed by atoms with Gasteiger partial charge in [0.05, 0.1) is 18.4 Å². The summed E-state index contributed by atoms with van der Waals surface area (Å²) in [6.45, 7) is 2.51. The van der Waals surface area contributed by atoms with Crippen molar-refractivity contribution in [3.8, 4) is 17.1 Å². The molecule has 4 rings (SSSR count). The Morgan fingerprint density at radius 1 is 1.00 bits per heavy atom. The number of aromatic nitrogens is 3. The van der Waals surface area contributed by atoms with Crippen LogP contribution in [0.3, 0.4) is 0 Å². The van der Waals surface area contributed by atoms with Gasteiger partial charge in [0.1, 0.15) is 11.4 Å². The van der Waals surface area contributed by atoms with Crippen LogP contribution in [0.1, 0.15) is 10.4 Å². The highest BCUT2D eigenvalue weighted by Crippen LogP contribution is 2.25. The highest BCUT2D eigenvalue weighted by atomic mass is 35.5. The number of piperazine rings is 1. The van der Waals surface area contributed by atoms with Gasteiger partial charge in [0.2, 0.25) is 0 Å². The molecule has 3 aromatic rings. The maximum absolute atomic E-state index is 12.9. The normalized spacial score (nSPS) is 14.0. The van der Waals surface area contributed by atoms with Crippen LogP contribution >= 0.6 is 11.6 Å². The molecule has 3 heterocycles. The molecule has 2 aromatic heterocycles. The zero-order valence-electron chi connectivity index (χ0n) is 16.0. The SMILES string of the molecule is COc1ccc(Cl)cc1C(=O)N1CCN(c2ccc(-c3ccccn3)nn2)CC1. The first-order valence-corrected chi connectivity index (χ1v) is 9.66. The van der Waals surface area contributed by atoms with Crippen molar-refractivity contribution in [2.24, 2.45) is 0 Å². The topological polar surface area (TPSA) is 71.5 Å². The zero-order valence-corrected chi connectivity index (χ0v) is 16.7. The van der Waals surface area contributed by atoms with Crippen molar-refractivity contribution < 1.29 is 9.53 Å². The number of nitrogens with zero attached hydrogens (tertiary/aromatic N) is 5. The van der Waals surface area contributed by atoms with E-state index in [1.807, 2.05) is 30.3 Å². The van der Waals surface area contributed by atoms with Gasteiger partial charge in [-0.05, 0) is 42.5 Å². The Morgan fingerprint density at radius 2 is 1.83 bits per heavy atom. The molecule has 1 aliphatic rings. The molecule has 0 spiro atoms. The quantitative estimate of drug-likeness (QED) is 0.659. The fourth-order valence-corrected chi connectivity index (χ4v) is 3.47. The van der Waals surface area contributed by atoms with Gasteiger partial charge in [-0.2, -0.15) is 0 Å². The van der Waals surface area contributed by atoms with Crippen molar-refractivity contribution in [2.75, 3.05) is 38.2 Å². The summed E-state index contributed by atoms with van der Waals surface area (Å²) in [4.78, 5) is 21.1. The summed E-state index contributed by atoms with van der Waals surface area (Å²) in [6.07, 6.45) is 1.73. The van der Waals surface area contributed by atoms with Gasteiger partial charge in [-0.3, -0.25) is 9.78 Å². The molecule has 0 atom stereocenters. The van der Waals surface area contributed by atoms with E-state index in [1.165, 1.54) is 0 Å². The van der Waals surface area contributed by atoms with Crippen LogP contribution in [0.15, 0.2) is 54.7 Å². The molecule has 1 aromatic carbocycles. The molecule has 8 heteroatoms. The standard InChI is InChI=1S/C21H20ClN5O2/c1-29-19-7-5-15(22)14-16(19)21(28)27-12-10-26(11-13-27)20-8-6-18(24-25-20)17-4-2-3-9-23-17/h2-9,14H,10-13H2,1H3. The summed E-state index contributed by atoms with van der Waals surface area (Å²) in [6, 6.07) is 14.6. The summed E-state index contributed by atoms with van der Waals surface area (Å²) >= 11 is 6.06. The molecule has 0 unspecified atom stereocenters. The minimum Gasteiger partial charge on any atom is -0.496 e. The third-order valence-electron chi connectivity index (χ3n) is 4.86. The van der Waals surface area contributed by atoms with Gasteiger partial charge in [-0.25, -0.2) is 0 Å². The predicted molar refractivity (Wildman–Crippen MR) is 111 cm³/mol. The minimum atomic E-state index is -0.0828. The molecule has 0 N–H and O–H groups in total. The lowest BCUT2D eigenvalue weighted by molar-refractivity contribution is 0.0743. The maximum atomic E-state index is 12.9. The minimum absolute atomic E-state index is 0.0828. The van der Waals surface area contributed by atoms with Crippen LogP contribution < -0.4 is 9.64 Å². The Kier molecular flexibility index (Phi) is 5.57. The zero-order chi connectivity index (χ0) is 20.2. The highest BCUT2D eigenvalue weighted by molar-refractivity contribution is 6.31. The van der Waals surface area contributed by atoms with Crippen LogP contribution in [0.5, 0.6) is 5.75 Å². The van der Waals surface area contributed by atoms with Crippen LogP contribution in [0.2, 0.25) is 5.02 Å². The Balaban J connectivity index is 1.42. The molecule has 0 saturated carbocycles. The highest BCUT2D eigenvalue weighted by Gasteiger charge is 2.25. The van der Waals surface area contributed by atoms with Gasteiger partial charge in [0.15, 0.2) is 5.82 Å². The first-order valence-electron chi connectivity index (χ1n) is 9.28. The third-order valence-corrected chi connectivity index (χ3v) is 5.10. The number of hydrogen-bond donors (Lipinski definition) is 0. The predicted octanol–water partition coefficient (Wildman–Crippen LogP) is 3.16. The fraction of sp³-hybridized carbons (Fsp3) is 0.238. The molecular weight excluding hydrogens is 390 g/mol. The molecule has 7 nitrogen and oxygen atoms in total. The lowest BCUT2D eigenvalue weighted by Gasteiger charge is -2.35. The van der Waals surface area contributed by atoms with E-state index in [-0.39, 0.29) is 5.91 Å². The summed E-state index contributed by atoms with van der Waals surface area (Å²) in [5, 5.41) is 9.14. The summed E-state index contributed by atoms with van der Waals surface area (Å²) in [7, 11) is 1.55. The summed E-state index contributed by atoms with van der Waals surface area (Å²) in [5.41, 5.74) is 2.00. The second-order valence-electron chi connectivity index (χ2n) is 6.62. The van der Waals surface area contributed by atoms with E-state index in [9.17, 15) is 4.79 Å². The molecule has 1 aliphatic heterocycles. The van der Waals surface area contributed by atoms with E-state index in [4.69, 9.17) is 16.3 Å². The number of methoxy groups -OCH3 is 1. The number of hydrogen-bond acceptors (Lipinski definition) is 6. The van der Waals surface area contributed by atoms with Crippen molar-refractivity contribution in [3.63, 3.8) is 0 Å². The van der Waals surface area contributed by atoms with Gasteiger partial charge in [0.25, 0.3) is 5.91 Å². The first-order chi connectivity index (χ1) is 14.2. The maximum Gasteiger partial charge on any atom is 0.257 e. The monoisotopic (exact) mass is 409 g/mol. The lowest BCUT2D eigenvalue weighted by Crippen LogP contribution is -2.49. The molecule has 1 fully saturated rings. The number of amides is 1. The second-order valence-corrected chi connectivity index (χ2v) is 7.05. The van der Waals surface area contributed by atoms with E-state index in [2.05, 4.69) is 20.1 Å². The molecular formula is C21H20ClN5O2. The van der Waals surface area contributed by atoms with Crippen LogP contribution in [0.25, 0.3) is 11.4 Å². The Labute approximate surface area is 173 Å². The number of carbonyl (C=O) groups is 1. The van der Waals surface area contributed by atoms with Gasteiger partial charge in [-0.15, -0.1) is 10.2 Å². The van der Waals surface area contributed by atoms with Crippen molar-refractivity contribution >= 4 is 23.3 Å². The van der Waals surface area contributed by atoms with Gasteiger partial charge < -0.3 is 14.5 Å². The number of anilines is 1. The molecule has 0 bridgehead atoms. The van der Waals surface area contributed by atoms with Crippen LogP contribution in [0.4, 0.5) is 5.82 Å². The van der Waals surface area contributed by atoms with Gasteiger partial charge >= 0.3 is 0 Å². The summed E-state index contributed by atoms with van der Waals surface area (Å²) < 4.78 is 5.31. The van der Waals surface area contributed by atoms with Crippen molar-refractivity contribution in [1.82, 2.24) is 20.1 Å². The Hall–Kier alpha value is -3.19. The van der Waals surface area contributed by atoms with Crippen molar-refractivity contribution in [1.29, 1.82) is 0 Å². The van der Waals surface area contributed by atoms with Crippen molar-refractivity contribution in [2.45, 2.75) is 0 Å². The average molecular weight is 410 g/mol. The number of ether oxygens (including phenoxy) is 1. The van der Waals surface area contributed by atoms with Gasteiger partial charge in [-0.1, -0.05) is 17.7 Å². The number of carbonyl (C=O) groups excluding carboxylic acids is 1. The first kappa shape index (κ1) is 19.1. The lowest BCUT2D eigenvalue weighted by atomic mass is 10.1. The Bertz CT molecular complexity index is 990. The molecule has 1 saturated heterocycles. The Morgan fingerprint density at radius 3 is 2.48 bits per heavy atom. The smallest absolute Gasteiger partial charge is 0.257 e. The molecule has 29 heavy (non-hydrogen) atoms. The molecule has 0 radical (unpaired) electrons.